The number of benzene rings is 1. The van der Waals surface area contributed by atoms with Gasteiger partial charge in [0.2, 0.25) is 0 Å². The summed E-state index contributed by atoms with van der Waals surface area (Å²) in [6.07, 6.45) is 0. The number of aryl methyl sites for hydroxylation is 1. The van der Waals surface area contributed by atoms with Gasteiger partial charge >= 0.3 is 11.7 Å². The normalized spacial score (nSPS) is 10.4. The van der Waals surface area contributed by atoms with Crippen molar-refractivity contribution in [1.82, 2.24) is 9.13 Å². The predicted octanol–water partition coefficient (Wildman–Crippen LogP) is 2.14. The van der Waals surface area contributed by atoms with Crippen molar-refractivity contribution >= 4 is 27.5 Å². The molecule has 0 amide bonds. The van der Waals surface area contributed by atoms with E-state index in [1.54, 1.807) is 14.0 Å². The maximum absolute atomic E-state index is 12.6. The van der Waals surface area contributed by atoms with Crippen molar-refractivity contribution in [2.45, 2.75) is 20.1 Å². The fourth-order valence-corrected chi connectivity index (χ4v) is 3.47. The monoisotopic (exact) mass is 368 g/mol. The van der Waals surface area contributed by atoms with Crippen LogP contribution in [0.2, 0.25) is 0 Å². The third-order valence-electron chi connectivity index (χ3n) is 3.84. The van der Waals surface area contributed by atoms with E-state index >= 15 is 0 Å². The largest absolute Gasteiger partial charge is 0.457 e. The summed E-state index contributed by atoms with van der Waals surface area (Å²) in [6, 6.07) is 10.8. The van der Waals surface area contributed by atoms with Crippen LogP contribution in [-0.2, 0) is 24.9 Å². The van der Waals surface area contributed by atoms with Crippen molar-refractivity contribution in [3.05, 3.63) is 67.7 Å². The maximum Gasteiger partial charge on any atom is 0.348 e. The number of ether oxygens (including phenoxy) is 1. The molecular formula is C19H16N2O4S. The Kier molecular flexibility index (Phi) is 5.05. The lowest BCUT2D eigenvalue weighted by Gasteiger charge is -2.04. The zero-order valence-corrected chi connectivity index (χ0v) is 15.1. The molecule has 2 aromatic heterocycles. The second-order valence-corrected chi connectivity index (χ2v) is 6.58. The van der Waals surface area contributed by atoms with Gasteiger partial charge in [-0.1, -0.05) is 36.3 Å². The minimum Gasteiger partial charge on any atom is -0.457 e. The van der Waals surface area contributed by atoms with E-state index < -0.39 is 17.2 Å². The van der Waals surface area contributed by atoms with Crippen molar-refractivity contribution in [3.63, 3.8) is 0 Å². The summed E-state index contributed by atoms with van der Waals surface area (Å²) in [4.78, 5) is 37.9. The number of carbonyl (C=O) groups excluding carboxylic acids is 1. The lowest BCUT2D eigenvalue weighted by atomic mass is 10.2. The second-order valence-electron chi connectivity index (χ2n) is 5.55. The van der Waals surface area contributed by atoms with Crippen molar-refractivity contribution in [2.24, 2.45) is 7.05 Å². The van der Waals surface area contributed by atoms with Crippen molar-refractivity contribution in [1.29, 1.82) is 0 Å². The number of nitrogens with zero attached hydrogens (tertiary/aromatic N) is 2. The van der Waals surface area contributed by atoms with E-state index in [2.05, 4.69) is 11.8 Å². The Morgan fingerprint density at radius 3 is 2.65 bits per heavy atom. The molecule has 2 heterocycles. The standard InChI is InChI=1S/C19H16N2O4S/c1-3-4-10-21-16(22)14-11-15(26-17(14)20(2)19(21)24)18(23)25-12-13-8-6-5-7-9-13/h5-9,11H,10,12H2,1-2H3. The number of hydrogen-bond acceptors (Lipinski definition) is 5. The summed E-state index contributed by atoms with van der Waals surface area (Å²) in [5.41, 5.74) is -0.0460. The number of rotatable bonds is 4. The van der Waals surface area contributed by atoms with Crippen LogP contribution in [0.4, 0.5) is 0 Å². The SMILES string of the molecule is CC#CCn1c(=O)c2cc(C(=O)OCc3ccccc3)sc2n(C)c1=O. The van der Waals surface area contributed by atoms with Gasteiger partial charge in [0.05, 0.1) is 11.9 Å². The van der Waals surface area contributed by atoms with Gasteiger partial charge in [-0.2, -0.15) is 0 Å². The van der Waals surface area contributed by atoms with Crippen LogP contribution < -0.4 is 11.2 Å². The molecule has 3 rings (SSSR count). The summed E-state index contributed by atoms with van der Waals surface area (Å²) in [7, 11) is 1.57. The van der Waals surface area contributed by atoms with Crippen LogP contribution in [0.15, 0.2) is 46.0 Å². The highest BCUT2D eigenvalue weighted by Crippen LogP contribution is 2.22. The highest BCUT2D eigenvalue weighted by molar-refractivity contribution is 7.20. The first-order chi connectivity index (χ1) is 12.5. The zero-order valence-electron chi connectivity index (χ0n) is 14.3. The van der Waals surface area contributed by atoms with Crippen LogP contribution in [0.25, 0.3) is 10.2 Å². The fraction of sp³-hybridized carbons (Fsp3) is 0.211. The molecular weight excluding hydrogens is 352 g/mol. The van der Waals surface area contributed by atoms with E-state index in [4.69, 9.17) is 4.74 Å². The van der Waals surface area contributed by atoms with E-state index in [1.165, 1.54) is 10.6 Å². The quantitative estimate of drug-likeness (QED) is 0.523. The molecule has 0 aliphatic rings. The average molecular weight is 368 g/mol. The van der Waals surface area contributed by atoms with Crippen LogP contribution >= 0.6 is 11.3 Å². The molecule has 0 radical (unpaired) electrons. The molecule has 0 bridgehead atoms. The summed E-state index contributed by atoms with van der Waals surface area (Å²) in [6.45, 7) is 1.80. The van der Waals surface area contributed by atoms with Gasteiger partial charge in [-0.15, -0.1) is 17.3 Å². The van der Waals surface area contributed by atoms with Gasteiger partial charge < -0.3 is 4.74 Å². The van der Waals surface area contributed by atoms with Gasteiger partial charge in [0.1, 0.15) is 16.3 Å². The van der Waals surface area contributed by atoms with Gasteiger partial charge in [0.25, 0.3) is 5.56 Å². The molecule has 0 aliphatic carbocycles. The second kappa shape index (κ2) is 7.42. The topological polar surface area (TPSA) is 70.3 Å². The number of fused-ring (bicyclic) bond motifs is 1. The van der Waals surface area contributed by atoms with Crippen LogP contribution in [0.5, 0.6) is 0 Å². The smallest absolute Gasteiger partial charge is 0.348 e. The Hall–Kier alpha value is -3.11. The van der Waals surface area contributed by atoms with Crippen molar-refractivity contribution in [3.8, 4) is 11.8 Å². The molecule has 0 fully saturated rings. The molecule has 7 heteroatoms. The molecule has 0 saturated heterocycles. The van der Waals surface area contributed by atoms with E-state index in [9.17, 15) is 14.4 Å². The molecule has 0 N–H and O–H groups in total. The van der Waals surface area contributed by atoms with Gasteiger partial charge in [-0.3, -0.25) is 9.36 Å². The Labute approximate surface area is 153 Å². The molecule has 26 heavy (non-hydrogen) atoms. The summed E-state index contributed by atoms with van der Waals surface area (Å²) < 4.78 is 7.72. The Balaban J connectivity index is 1.95. The van der Waals surface area contributed by atoms with Crippen molar-refractivity contribution < 1.29 is 9.53 Å². The Bertz CT molecular complexity index is 1140. The molecule has 1 aromatic carbocycles. The summed E-state index contributed by atoms with van der Waals surface area (Å²) in [5, 5.41) is 0.307. The molecule has 6 nitrogen and oxygen atoms in total. The lowest BCUT2D eigenvalue weighted by molar-refractivity contribution is 0.0478. The Morgan fingerprint density at radius 2 is 1.96 bits per heavy atom. The molecule has 0 aliphatic heterocycles. The van der Waals surface area contributed by atoms with Crippen LogP contribution in [0.3, 0.4) is 0 Å². The third kappa shape index (κ3) is 3.32. The van der Waals surface area contributed by atoms with Gasteiger partial charge in [-0.05, 0) is 18.6 Å². The van der Waals surface area contributed by atoms with Gasteiger partial charge in [-0.25, -0.2) is 14.2 Å². The molecule has 0 unspecified atom stereocenters. The first-order valence-electron chi connectivity index (χ1n) is 7.87. The summed E-state index contributed by atoms with van der Waals surface area (Å²) in [5.74, 6) is 4.86. The first-order valence-corrected chi connectivity index (χ1v) is 8.68. The van der Waals surface area contributed by atoms with Crippen molar-refractivity contribution in [2.75, 3.05) is 0 Å². The van der Waals surface area contributed by atoms with Crippen LogP contribution in [0, 0.1) is 11.8 Å². The highest BCUT2D eigenvalue weighted by atomic mass is 32.1. The molecule has 3 aromatic rings. The zero-order chi connectivity index (χ0) is 18.7. The third-order valence-corrected chi connectivity index (χ3v) is 5.03. The minimum atomic E-state index is -0.526. The van der Waals surface area contributed by atoms with E-state index in [-0.39, 0.29) is 18.0 Å². The maximum atomic E-state index is 12.6. The number of carbonyl (C=O) groups is 1. The van der Waals surface area contributed by atoms with E-state index in [1.807, 2.05) is 30.3 Å². The number of aromatic nitrogens is 2. The predicted molar refractivity (Wildman–Crippen MR) is 100 cm³/mol. The highest BCUT2D eigenvalue weighted by Gasteiger charge is 2.18. The fourth-order valence-electron chi connectivity index (χ4n) is 2.48. The Morgan fingerprint density at radius 1 is 1.23 bits per heavy atom. The number of thiophene rings is 1. The van der Waals surface area contributed by atoms with E-state index in [0.717, 1.165) is 21.5 Å². The van der Waals surface area contributed by atoms with E-state index in [0.29, 0.717) is 10.2 Å². The molecule has 0 atom stereocenters. The van der Waals surface area contributed by atoms with Gasteiger partial charge in [0.15, 0.2) is 0 Å². The number of esters is 1. The lowest BCUT2D eigenvalue weighted by Crippen LogP contribution is -2.38. The van der Waals surface area contributed by atoms with Gasteiger partial charge in [0, 0.05) is 7.05 Å². The minimum absolute atomic E-state index is 0.0155. The first kappa shape index (κ1) is 17.7. The molecule has 132 valence electrons. The average Bonchev–Trinajstić information content (AvgIpc) is 3.11. The molecule has 0 saturated carbocycles. The van der Waals surface area contributed by atoms with Crippen LogP contribution in [0.1, 0.15) is 22.2 Å². The number of hydrogen-bond donors (Lipinski definition) is 0. The summed E-state index contributed by atoms with van der Waals surface area (Å²) >= 11 is 1.07. The molecule has 0 spiro atoms. The van der Waals surface area contributed by atoms with Crippen LogP contribution in [-0.4, -0.2) is 15.1 Å².